The Kier molecular flexibility index (Phi) is 4.93. The number of ketones is 1. The molecule has 4 atom stereocenters. The number of ether oxygens (including phenoxy) is 1. The normalized spacial score (nSPS) is 35.2. The summed E-state index contributed by atoms with van der Waals surface area (Å²) in [5, 5.41) is 0. The van der Waals surface area contributed by atoms with E-state index in [-0.39, 0.29) is 17.9 Å². The summed E-state index contributed by atoms with van der Waals surface area (Å²) in [5.41, 5.74) is 0.265. The van der Waals surface area contributed by atoms with E-state index >= 15 is 0 Å². The quantitative estimate of drug-likeness (QED) is 0.786. The minimum atomic E-state index is -3.73. The molecule has 3 fully saturated rings. The van der Waals surface area contributed by atoms with Crippen LogP contribution in [0.15, 0.2) is 29.2 Å². The molecule has 148 valence electrons. The molecule has 0 amide bonds. The molecule has 2 aliphatic carbocycles. The van der Waals surface area contributed by atoms with Crippen molar-refractivity contribution in [1.82, 2.24) is 4.31 Å². The number of carbonyl (C=O) groups is 1. The van der Waals surface area contributed by atoms with Gasteiger partial charge < -0.3 is 4.74 Å². The lowest BCUT2D eigenvalue weighted by molar-refractivity contribution is -0.145. The minimum absolute atomic E-state index is 0.101. The maximum Gasteiger partial charge on any atom is 0.245 e. The van der Waals surface area contributed by atoms with Crippen LogP contribution in [-0.2, 0) is 19.6 Å². The lowest BCUT2D eigenvalue weighted by Crippen LogP contribution is -2.53. The predicted octanol–water partition coefficient (Wildman–Crippen LogP) is 3.80. The van der Waals surface area contributed by atoms with Gasteiger partial charge >= 0.3 is 0 Å². The Hall–Kier alpha value is -1.24. The molecule has 0 unspecified atom stereocenters. The lowest BCUT2D eigenvalue weighted by atomic mass is 9.73. The van der Waals surface area contributed by atoms with E-state index < -0.39 is 21.7 Å². The number of Topliss-reactive ketones (excluding diaryl/α,β-unsaturated/α-hetero) is 1. The third-order valence-electron chi connectivity index (χ3n) is 6.66. The van der Waals surface area contributed by atoms with Gasteiger partial charge in [-0.3, -0.25) is 4.79 Å². The smallest absolute Gasteiger partial charge is 0.245 e. The third kappa shape index (κ3) is 3.15. The highest BCUT2D eigenvalue weighted by Crippen LogP contribution is 2.48. The zero-order valence-corrected chi connectivity index (χ0v) is 17.0. The fraction of sp³-hybridized carbons (Fsp3) is 0.667. The highest BCUT2D eigenvalue weighted by Gasteiger charge is 2.58. The van der Waals surface area contributed by atoms with Crippen LogP contribution in [0.25, 0.3) is 0 Å². The van der Waals surface area contributed by atoms with Gasteiger partial charge in [0.1, 0.15) is 12.0 Å². The second-order valence-electron chi connectivity index (χ2n) is 8.57. The Balaban J connectivity index is 1.78. The van der Waals surface area contributed by atoms with Gasteiger partial charge in [-0.1, -0.05) is 37.0 Å². The highest BCUT2D eigenvalue weighted by molar-refractivity contribution is 7.89. The van der Waals surface area contributed by atoms with Crippen LogP contribution in [0.1, 0.15) is 63.9 Å². The Bertz CT molecular complexity index is 819. The number of sulfonamides is 1. The van der Waals surface area contributed by atoms with Crippen LogP contribution in [0.4, 0.5) is 0 Å². The summed E-state index contributed by atoms with van der Waals surface area (Å²) in [6.45, 7) is 3.85. The molecule has 1 heterocycles. The average Bonchev–Trinajstić information content (AvgIpc) is 3.06. The first-order valence-electron chi connectivity index (χ1n) is 10.1. The van der Waals surface area contributed by atoms with Gasteiger partial charge in [-0.05, 0) is 51.7 Å². The van der Waals surface area contributed by atoms with Gasteiger partial charge in [-0.25, -0.2) is 8.42 Å². The molecular formula is C21H29NO4S. The van der Waals surface area contributed by atoms with E-state index in [1.807, 2.05) is 26.0 Å². The molecular weight excluding hydrogens is 362 g/mol. The zero-order chi connectivity index (χ0) is 19.2. The molecule has 3 aliphatic rings. The fourth-order valence-electron chi connectivity index (χ4n) is 4.96. The van der Waals surface area contributed by atoms with Crippen molar-refractivity contribution in [3.05, 3.63) is 29.8 Å². The van der Waals surface area contributed by atoms with Crippen LogP contribution in [-0.4, -0.2) is 36.9 Å². The van der Waals surface area contributed by atoms with Crippen LogP contribution >= 0.6 is 0 Å². The lowest BCUT2D eigenvalue weighted by Gasteiger charge is -2.40. The number of aryl methyl sites for hydroxylation is 1. The second kappa shape index (κ2) is 6.98. The molecule has 4 rings (SSSR count). The fourth-order valence-corrected chi connectivity index (χ4v) is 6.81. The van der Waals surface area contributed by atoms with Crippen molar-refractivity contribution in [2.75, 3.05) is 0 Å². The number of hydrogen-bond acceptors (Lipinski definition) is 4. The third-order valence-corrected chi connectivity index (χ3v) is 8.54. The predicted molar refractivity (Wildman–Crippen MR) is 103 cm³/mol. The number of rotatable bonds is 3. The second-order valence-corrected chi connectivity index (χ2v) is 10.4. The summed E-state index contributed by atoms with van der Waals surface area (Å²) in [7, 11) is -3.73. The molecule has 1 aromatic rings. The van der Waals surface area contributed by atoms with Crippen LogP contribution in [0, 0.1) is 12.3 Å². The van der Waals surface area contributed by atoms with Crippen molar-refractivity contribution in [2.24, 2.45) is 5.41 Å². The van der Waals surface area contributed by atoms with Gasteiger partial charge in [0.2, 0.25) is 10.0 Å². The summed E-state index contributed by atoms with van der Waals surface area (Å²) in [6, 6.07) is 6.82. The van der Waals surface area contributed by atoms with E-state index in [1.54, 1.807) is 16.4 Å². The van der Waals surface area contributed by atoms with Crippen molar-refractivity contribution < 1.29 is 17.9 Å². The van der Waals surface area contributed by atoms with Crippen LogP contribution in [0.3, 0.4) is 0 Å². The van der Waals surface area contributed by atoms with E-state index in [0.29, 0.717) is 17.7 Å². The van der Waals surface area contributed by atoms with Gasteiger partial charge in [0.15, 0.2) is 0 Å². The van der Waals surface area contributed by atoms with Crippen LogP contribution in [0.5, 0.6) is 0 Å². The Morgan fingerprint density at radius 1 is 1.07 bits per heavy atom. The standard InChI is InChI=1S/C21H29NO4S/c1-15-10-12-16(13-11-15)27(24,25)22-17-7-3-4-8-18(17)26-20(22)21(2)14-6-5-9-19(21)23/h10-13,17-18,20H,3-9,14H2,1-2H3/t17-,18+,20-,21-/m1/s1. The van der Waals surface area contributed by atoms with Crippen molar-refractivity contribution in [3.63, 3.8) is 0 Å². The molecule has 2 saturated carbocycles. The molecule has 0 spiro atoms. The first kappa shape index (κ1) is 19.1. The zero-order valence-electron chi connectivity index (χ0n) is 16.2. The summed E-state index contributed by atoms with van der Waals surface area (Å²) in [5.74, 6) is 0.140. The van der Waals surface area contributed by atoms with Crippen LogP contribution in [0.2, 0.25) is 0 Å². The number of carbonyl (C=O) groups excluding carboxylic acids is 1. The number of nitrogens with zero attached hydrogens (tertiary/aromatic N) is 1. The Morgan fingerprint density at radius 3 is 2.48 bits per heavy atom. The van der Waals surface area contributed by atoms with E-state index in [9.17, 15) is 13.2 Å². The monoisotopic (exact) mass is 391 g/mol. The Labute approximate surface area is 162 Å². The minimum Gasteiger partial charge on any atom is -0.356 e. The van der Waals surface area contributed by atoms with Gasteiger partial charge in [-0.15, -0.1) is 0 Å². The Morgan fingerprint density at radius 2 is 1.78 bits per heavy atom. The molecule has 0 aromatic heterocycles. The first-order valence-corrected chi connectivity index (χ1v) is 11.6. The number of fused-ring (bicyclic) bond motifs is 1. The first-order chi connectivity index (χ1) is 12.8. The molecule has 6 heteroatoms. The molecule has 1 saturated heterocycles. The van der Waals surface area contributed by atoms with Crippen LogP contribution < -0.4 is 0 Å². The molecule has 1 aromatic carbocycles. The molecule has 1 aliphatic heterocycles. The topological polar surface area (TPSA) is 63.7 Å². The molecule has 5 nitrogen and oxygen atoms in total. The van der Waals surface area contributed by atoms with E-state index in [0.717, 1.165) is 44.1 Å². The summed E-state index contributed by atoms with van der Waals surface area (Å²) in [4.78, 5) is 13.2. The van der Waals surface area contributed by atoms with Crippen molar-refractivity contribution >= 4 is 15.8 Å². The average molecular weight is 392 g/mol. The molecule has 0 N–H and O–H groups in total. The number of hydrogen-bond donors (Lipinski definition) is 0. The van der Waals surface area contributed by atoms with Crippen molar-refractivity contribution in [2.45, 2.75) is 88.5 Å². The largest absolute Gasteiger partial charge is 0.356 e. The van der Waals surface area contributed by atoms with Gasteiger partial charge in [0.05, 0.1) is 22.5 Å². The maximum atomic E-state index is 13.6. The van der Waals surface area contributed by atoms with E-state index in [2.05, 4.69) is 0 Å². The molecule has 0 radical (unpaired) electrons. The number of benzene rings is 1. The molecule has 27 heavy (non-hydrogen) atoms. The van der Waals surface area contributed by atoms with E-state index in [1.165, 1.54) is 0 Å². The maximum absolute atomic E-state index is 13.6. The summed E-state index contributed by atoms with van der Waals surface area (Å²) >= 11 is 0. The highest BCUT2D eigenvalue weighted by atomic mass is 32.2. The van der Waals surface area contributed by atoms with Crippen molar-refractivity contribution in [3.8, 4) is 0 Å². The van der Waals surface area contributed by atoms with Gasteiger partial charge in [-0.2, -0.15) is 4.31 Å². The van der Waals surface area contributed by atoms with E-state index in [4.69, 9.17) is 4.74 Å². The van der Waals surface area contributed by atoms with Gasteiger partial charge in [0.25, 0.3) is 0 Å². The SMILES string of the molecule is Cc1ccc(S(=O)(=O)N2[C@@H]3CCCC[C@@H]3O[C@@H]2[C@]2(C)CCCCC2=O)cc1. The summed E-state index contributed by atoms with van der Waals surface area (Å²) < 4.78 is 35.2. The van der Waals surface area contributed by atoms with Crippen molar-refractivity contribution in [1.29, 1.82) is 0 Å². The summed E-state index contributed by atoms with van der Waals surface area (Å²) in [6.07, 6.45) is 5.97. The molecule has 0 bridgehead atoms. The van der Waals surface area contributed by atoms with Gasteiger partial charge in [0, 0.05) is 6.42 Å².